The predicted molar refractivity (Wildman–Crippen MR) is 151 cm³/mol. The highest BCUT2D eigenvalue weighted by molar-refractivity contribution is 7.80. The second-order valence-corrected chi connectivity index (χ2v) is 9.78. The first-order valence-electron chi connectivity index (χ1n) is 12.5. The molecule has 3 rings (SSSR count). The molecule has 0 aliphatic rings. The van der Waals surface area contributed by atoms with Gasteiger partial charge in [0, 0.05) is 29.3 Å². The molecule has 0 spiro atoms. The van der Waals surface area contributed by atoms with Gasteiger partial charge >= 0.3 is 5.97 Å². The van der Waals surface area contributed by atoms with Crippen molar-refractivity contribution in [3.63, 3.8) is 0 Å². The quantitative estimate of drug-likeness (QED) is 0.126. The van der Waals surface area contributed by atoms with E-state index in [4.69, 9.17) is 5.73 Å². The van der Waals surface area contributed by atoms with Crippen molar-refractivity contribution in [3.8, 4) is 5.75 Å². The number of carboxylic acid groups (broad SMARTS) is 1. The topological polar surface area (TPSA) is 207 Å². The molecule has 3 aromatic rings. The van der Waals surface area contributed by atoms with Crippen LogP contribution in [0.3, 0.4) is 0 Å². The molecule has 5 atom stereocenters. The van der Waals surface area contributed by atoms with E-state index in [0.29, 0.717) is 5.56 Å². The van der Waals surface area contributed by atoms with Gasteiger partial charge in [-0.15, -0.1) is 0 Å². The fourth-order valence-electron chi connectivity index (χ4n) is 4.09. The molecule has 12 nitrogen and oxygen atoms in total. The fraction of sp³-hybridized carbons (Fsp3) is 0.333. The third-order valence-electron chi connectivity index (χ3n) is 6.32. The van der Waals surface area contributed by atoms with Crippen LogP contribution in [-0.2, 0) is 32.0 Å². The number of aromatic amines is 1. The lowest BCUT2D eigenvalue weighted by atomic mass is 10.0. The lowest BCUT2D eigenvalue weighted by molar-refractivity contribution is -0.145. The highest BCUT2D eigenvalue weighted by Crippen LogP contribution is 2.19. The van der Waals surface area contributed by atoms with Crippen LogP contribution in [-0.4, -0.2) is 80.0 Å². The standard InChI is InChI=1S/C27H33N5O7S/c1-14(33)23(27(38)39)32-25(36)21(10-15-6-8-17(34)9-7-15)30-26(37)22(13-40)31-24(35)19(28)11-16-12-29-20-5-3-2-4-18(16)20/h2-9,12,14,19,21-23,29,33-34,40H,10-11,13,28H2,1H3,(H,30,37)(H,31,35)(H,32,36)(H,38,39). The number of hydrogen-bond acceptors (Lipinski definition) is 8. The van der Waals surface area contributed by atoms with E-state index in [9.17, 15) is 34.5 Å². The molecule has 5 unspecified atom stereocenters. The van der Waals surface area contributed by atoms with Crippen molar-refractivity contribution in [2.24, 2.45) is 5.73 Å². The Morgan fingerprint density at radius 1 is 0.925 bits per heavy atom. The number of carbonyl (C=O) groups excluding carboxylic acids is 3. The van der Waals surface area contributed by atoms with Crippen molar-refractivity contribution in [1.82, 2.24) is 20.9 Å². The van der Waals surface area contributed by atoms with Gasteiger partial charge in [-0.1, -0.05) is 30.3 Å². The summed E-state index contributed by atoms with van der Waals surface area (Å²) in [4.78, 5) is 53.6. The molecule has 1 heterocycles. The van der Waals surface area contributed by atoms with Crippen molar-refractivity contribution in [3.05, 3.63) is 65.9 Å². The summed E-state index contributed by atoms with van der Waals surface area (Å²) in [5.74, 6) is -3.78. The van der Waals surface area contributed by atoms with E-state index in [1.807, 2.05) is 24.3 Å². The SMILES string of the molecule is CC(O)C(NC(=O)C(Cc1ccc(O)cc1)NC(=O)C(CS)NC(=O)C(N)Cc1c[nH]c2ccccc12)C(=O)O. The van der Waals surface area contributed by atoms with E-state index in [1.54, 1.807) is 6.20 Å². The van der Waals surface area contributed by atoms with E-state index in [2.05, 4.69) is 33.6 Å². The number of thiol groups is 1. The summed E-state index contributed by atoms with van der Waals surface area (Å²) in [7, 11) is 0. The summed E-state index contributed by atoms with van der Waals surface area (Å²) in [5.41, 5.74) is 8.42. The van der Waals surface area contributed by atoms with Gasteiger partial charge in [0.15, 0.2) is 6.04 Å². The lowest BCUT2D eigenvalue weighted by Crippen LogP contribution is -2.59. The summed E-state index contributed by atoms with van der Waals surface area (Å²) in [5, 5.41) is 36.9. The maximum atomic E-state index is 13.1. The zero-order valence-corrected chi connectivity index (χ0v) is 22.6. The number of phenolic OH excluding ortho intramolecular Hbond substituents is 1. The second kappa shape index (κ2) is 13.8. The molecule has 1 aromatic heterocycles. The van der Waals surface area contributed by atoms with Gasteiger partial charge in [-0.05, 0) is 42.7 Å². The Bertz CT molecular complexity index is 1340. The number of rotatable bonds is 13. The fourth-order valence-corrected chi connectivity index (χ4v) is 4.35. The van der Waals surface area contributed by atoms with E-state index < -0.39 is 54.0 Å². The first-order valence-corrected chi connectivity index (χ1v) is 13.1. The number of phenols is 1. The Morgan fingerprint density at radius 3 is 2.17 bits per heavy atom. The Labute approximate surface area is 235 Å². The average molecular weight is 572 g/mol. The average Bonchev–Trinajstić information content (AvgIpc) is 3.32. The van der Waals surface area contributed by atoms with Gasteiger partial charge in [0.05, 0.1) is 12.1 Å². The number of benzene rings is 2. The summed E-state index contributed by atoms with van der Waals surface area (Å²) >= 11 is 4.17. The molecule has 13 heteroatoms. The number of aromatic hydroxyl groups is 1. The molecule has 9 N–H and O–H groups in total. The lowest BCUT2D eigenvalue weighted by Gasteiger charge is -2.25. The van der Waals surface area contributed by atoms with Crippen LogP contribution in [0.15, 0.2) is 54.7 Å². The van der Waals surface area contributed by atoms with Crippen molar-refractivity contribution < 1.29 is 34.5 Å². The summed E-state index contributed by atoms with van der Waals surface area (Å²) in [6.45, 7) is 1.21. The van der Waals surface area contributed by atoms with Gasteiger partial charge in [-0.2, -0.15) is 12.6 Å². The molecule has 0 aliphatic carbocycles. The summed E-state index contributed by atoms with van der Waals surface area (Å²) < 4.78 is 0. The molecule has 214 valence electrons. The van der Waals surface area contributed by atoms with Gasteiger partial charge in [-0.3, -0.25) is 14.4 Å². The first kappa shape index (κ1) is 30.5. The number of aliphatic hydroxyl groups is 1. The van der Waals surface area contributed by atoms with E-state index in [0.717, 1.165) is 16.5 Å². The van der Waals surface area contributed by atoms with Crippen molar-refractivity contribution >= 4 is 47.2 Å². The molecule has 3 amide bonds. The molecule has 0 radical (unpaired) electrons. The Hall–Kier alpha value is -4.07. The first-order chi connectivity index (χ1) is 19.0. The van der Waals surface area contributed by atoms with Gasteiger partial charge in [0.2, 0.25) is 17.7 Å². The Balaban J connectivity index is 1.71. The van der Waals surface area contributed by atoms with Crippen molar-refractivity contribution in [1.29, 1.82) is 0 Å². The number of amides is 3. The summed E-state index contributed by atoms with van der Waals surface area (Å²) in [6, 6.07) is 8.38. The van der Waals surface area contributed by atoms with Gasteiger partial charge < -0.3 is 42.0 Å². The van der Waals surface area contributed by atoms with Gasteiger partial charge in [0.1, 0.15) is 17.8 Å². The third kappa shape index (κ3) is 7.97. The highest BCUT2D eigenvalue weighted by Gasteiger charge is 2.32. The number of aromatic nitrogens is 1. The number of aliphatic hydroxyl groups excluding tert-OH is 1. The van der Waals surface area contributed by atoms with E-state index in [1.165, 1.54) is 31.2 Å². The maximum Gasteiger partial charge on any atom is 0.328 e. The third-order valence-corrected chi connectivity index (χ3v) is 6.69. The monoisotopic (exact) mass is 571 g/mol. The largest absolute Gasteiger partial charge is 0.508 e. The van der Waals surface area contributed by atoms with Crippen LogP contribution < -0.4 is 21.7 Å². The van der Waals surface area contributed by atoms with Crippen LogP contribution in [0, 0.1) is 0 Å². The highest BCUT2D eigenvalue weighted by atomic mass is 32.1. The van der Waals surface area contributed by atoms with Crippen LogP contribution in [0.2, 0.25) is 0 Å². The number of H-pyrrole nitrogens is 1. The minimum atomic E-state index is -1.62. The molecule has 0 fully saturated rings. The molecular weight excluding hydrogens is 538 g/mol. The minimum Gasteiger partial charge on any atom is -0.508 e. The molecule has 40 heavy (non-hydrogen) atoms. The van der Waals surface area contributed by atoms with Crippen molar-refractivity contribution in [2.45, 2.75) is 50.0 Å². The van der Waals surface area contributed by atoms with Crippen LogP contribution in [0.25, 0.3) is 10.9 Å². The van der Waals surface area contributed by atoms with Crippen LogP contribution in [0.1, 0.15) is 18.1 Å². The summed E-state index contributed by atoms with van der Waals surface area (Å²) in [6.07, 6.45) is 0.496. The number of fused-ring (bicyclic) bond motifs is 1. The number of nitrogens with two attached hydrogens (primary N) is 1. The number of para-hydroxylation sites is 1. The van der Waals surface area contributed by atoms with Crippen molar-refractivity contribution in [2.75, 3.05) is 5.75 Å². The second-order valence-electron chi connectivity index (χ2n) is 9.41. The maximum absolute atomic E-state index is 13.1. The molecular formula is C27H33N5O7S. The number of hydrogen-bond donors (Lipinski definition) is 9. The zero-order valence-electron chi connectivity index (χ0n) is 21.7. The smallest absolute Gasteiger partial charge is 0.328 e. The number of carbonyl (C=O) groups is 4. The number of nitrogens with one attached hydrogen (secondary N) is 4. The minimum absolute atomic E-state index is 0.00402. The predicted octanol–water partition coefficient (Wildman–Crippen LogP) is -0.164. The Morgan fingerprint density at radius 2 is 1.55 bits per heavy atom. The van der Waals surface area contributed by atoms with Crippen LogP contribution in [0.4, 0.5) is 0 Å². The molecule has 0 saturated carbocycles. The van der Waals surface area contributed by atoms with Gasteiger partial charge in [-0.25, -0.2) is 4.79 Å². The number of carboxylic acids is 1. The Kier molecular flexibility index (Phi) is 10.5. The molecule has 0 aliphatic heterocycles. The van der Waals surface area contributed by atoms with E-state index in [-0.39, 0.29) is 24.3 Å². The van der Waals surface area contributed by atoms with Crippen LogP contribution in [0.5, 0.6) is 5.75 Å². The number of aliphatic carboxylic acids is 1. The van der Waals surface area contributed by atoms with Crippen LogP contribution >= 0.6 is 12.6 Å². The normalized spacial score (nSPS) is 14.9. The molecule has 2 aromatic carbocycles. The molecule has 0 bridgehead atoms. The molecule has 0 saturated heterocycles. The zero-order chi connectivity index (χ0) is 29.4. The van der Waals surface area contributed by atoms with E-state index >= 15 is 0 Å². The van der Waals surface area contributed by atoms with Gasteiger partial charge in [0.25, 0.3) is 0 Å².